The molecule has 1 saturated carbocycles. The van der Waals surface area contributed by atoms with E-state index in [9.17, 15) is 0 Å². The Labute approximate surface area is 82.4 Å². The Bertz CT molecular complexity index is 180. The van der Waals surface area contributed by atoms with Gasteiger partial charge in [0.2, 0.25) is 0 Å². The SMILES string of the molecule is [CH2]CCCCCC1CC2C=CC1C2. The molecule has 0 aromatic rings. The quantitative estimate of drug-likeness (QED) is 0.440. The zero-order valence-corrected chi connectivity index (χ0v) is 8.54. The Kier molecular flexibility index (Phi) is 3.08. The third kappa shape index (κ3) is 2.15. The standard InChI is InChI=1S/C13H21/c1-2-3-4-5-6-12-9-11-7-8-13(12)10-11/h7-8,11-13H,1-6,9-10H2. The van der Waals surface area contributed by atoms with E-state index in [1.54, 1.807) is 0 Å². The van der Waals surface area contributed by atoms with Crippen molar-refractivity contribution in [3.8, 4) is 0 Å². The number of allylic oxidation sites excluding steroid dienone is 2. The lowest BCUT2D eigenvalue weighted by Gasteiger charge is -2.17. The van der Waals surface area contributed by atoms with E-state index in [1.165, 1.54) is 38.5 Å². The summed E-state index contributed by atoms with van der Waals surface area (Å²) in [5.41, 5.74) is 0. The molecular formula is C13H21. The molecule has 3 unspecified atom stereocenters. The maximum absolute atomic E-state index is 3.88. The third-order valence-electron chi connectivity index (χ3n) is 3.74. The van der Waals surface area contributed by atoms with Gasteiger partial charge in [0.1, 0.15) is 0 Å². The summed E-state index contributed by atoms with van der Waals surface area (Å²) in [7, 11) is 0. The summed E-state index contributed by atoms with van der Waals surface area (Å²) in [6, 6.07) is 0. The van der Waals surface area contributed by atoms with E-state index < -0.39 is 0 Å². The smallest absolute Gasteiger partial charge is 0.0199 e. The fraction of sp³-hybridized carbons (Fsp3) is 0.769. The predicted octanol–water partition coefficient (Wildman–Crippen LogP) is 3.98. The molecule has 2 rings (SSSR count). The van der Waals surface area contributed by atoms with E-state index in [4.69, 9.17) is 0 Å². The highest BCUT2D eigenvalue weighted by molar-refractivity contribution is 5.09. The van der Waals surface area contributed by atoms with Crippen molar-refractivity contribution in [3.63, 3.8) is 0 Å². The Morgan fingerprint density at radius 3 is 2.62 bits per heavy atom. The Balaban J connectivity index is 1.64. The number of rotatable bonds is 5. The van der Waals surface area contributed by atoms with Gasteiger partial charge in [-0.3, -0.25) is 0 Å². The van der Waals surface area contributed by atoms with Gasteiger partial charge in [-0.1, -0.05) is 44.8 Å². The molecule has 1 radical (unpaired) electrons. The van der Waals surface area contributed by atoms with E-state index in [0.29, 0.717) is 0 Å². The van der Waals surface area contributed by atoms with Crippen molar-refractivity contribution in [2.24, 2.45) is 17.8 Å². The lowest BCUT2D eigenvalue weighted by atomic mass is 9.88. The summed E-state index contributed by atoms with van der Waals surface area (Å²) in [6.07, 6.45) is 14.7. The van der Waals surface area contributed by atoms with E-state index >= 15 is 0 Å². The van der Waals surface area contributed by atoms with E-state index in [1.807, 2.05) is 0 Å². The summed E-state index contributed by atoms with van der Waals surface area (Å²) < 4.78 is 0. The molecule has 0 aliphatic heterocycles. The molecule has 1 fully saturated rings. The summed E-state index contributed by atoms with van der Waals surface area (Å²) in [6.45, 7) is 3.88. The highest BCUT2D eigenvalue weighted by Gasteiger charge is 2.34. The second-order valence-corrected chi connectivity index (χ2v) is 4.74. The molecule has 73 valence electrons. The fourth-order valence-corrected chi connectivity index (χ4v) is 2.99. The van der Waals surface area contributed by atoms with Crippen LogP contribution in [0.5, 0.6) is 0 Å². The van der Waals surface area contributed by atoms with Crippen LogP contribution in [0.4, 0.5) is 0 Å². The van der Waals surface area contributed by atoms with Crippen LogP contribution in [0.2, 0.25) is 0 Å². The van der Waals surface area contributed by atoms with Crippen molar-refractivity contribution in [2.45, 2.75) is 44.9 Å². The summed E-state index contributed by atoms with van der Waals surface area (Å²) in [5, 5.41) is 0. The van der Waals surface area contributed by atoms with E-state index in [0.717, 1.165) is 24.2 Å². The Morgan fingerprint density at radius 1 is 1.08 bits per heavy atom. The molecule has 0 amide bonds. The molecular weight excluding hydrogens is 156 g/mol. The lowest BCUT2D eigenvalue weighted by Crippen LogP contribution is -2.06. The maximum atomic E-state index is 3.88. The molecule has 0 heteroatoms. The number of unbranched alkanes of at least 4 members (excludes halogenated alkanes) is 3. The van der Waals surface area contributed by atoms with Crippen LogP contribution in [0, 0.1) is 24.7 Å². The van der Waals surface area contributed by atoms with Crippen molar-refractivity contribution >= 4 is 0 Å². The highest BCUT2D eigenvalue weighted by atomic mass is 14.4. The second kappa shape index (κ2) is 4.30. The van der Waals surface area contributed by atoms with Crippen LogP contribution in [-0.2, 0) is 0 Å². The van der Waals surface area contributed by atoms with Crippen molar-refractivity contribution in [1.82, 2.24) is 0 Å². The predicted molar refractivity (Wildman–Crippen MR) is 57.3 cm³/mol. The van der Waals surface area contributed by atoms with Gasteiger partial charge in [0.25, 0.3) is 0 Å². The normalized spacial score (nSPS) is 35.9. The second-order valence-electron chi connectivity index (χ2n) is 4.74. The molecule has 3 atom stereocenters. The van der Waals surface area contributed by atoms with Crippen molar-refractivity contribution in [3.05, 3.63) is 19.1 Å². The summed E-state index contributed by atoms with van der Waals surface area (Å²) in [4.78, 5) is 0. The monoisotopic (exact) mass is 177 g/mol. The molecule has 2 aliphatic rings. The van der Waals surface area contributed by atoms with Crippen LogP contribution >= 0.6 is 0 Å². The zero-order valence-electron chi connectivity index (χ0n) is 8.54. The van der Waals surface area contributed by atoms with Gasteiger partial charge in [0.15, 0.2) is 0 Å². The first kappa shape index (κ1) is 9.30. The van der Waals surface area contributed by atoms with Crippen molar-refractivity contribution in [1.29, 1.82) is 0 Å². The average Bonchev–Trinajstić information content (AvgIpc) is 2.73. The van der Waals surface area contributed by atoms with Gasteiger partial charge in [0.05, 0.1) is 0 Å². The van der Waals surface area contributed by atoms with Gasteiger partial charge in [0, 0.05) is 0 Å². The van der Waals surface area contributed by atoms with Gasteiger partial charge in [-0.15, -0.1) is 0 Å². The zero-order chi connectivity index (χ0) is 9.10. The average molecular weight is 177 g/mol. The van der Waals surface area contributed by atoms with Gasteiger partial charge < -0.3 is 0 Å². The van der Waals surface area contributed by atoms with Crippen LogP contribution in [0.3, 0.4) is 0 Å². The highest BCUT2D eigenvalue weighted by Crippen LogP contribution is 2.45. The molecule has 2 aliphatic carbocycles. The summed E-state index contributed by atoms with van der Waals surface area (Å²) >= 11 is 0. The minimum absolute atomic E-state index is 0.961. The van der Waals surface area contributed by atoms with Gasteiger partial charge in [-0.2, -0.15) is 0 Å². The van der Waals surface area contributed by atoms with Crippen LogP contribution in [0.15, 0.2) is 12.2 Å². The van der Waals surface area contributed by atoms with Crippen LogP contribution in [0.25, 0.3) is 0 Å². The van der Waals surface area contributed by atoms with Crippen molar-refractivity contribution < 1.29 is 0 Å². The number of hydrogen-bond acceptors (Lipinski definition) is 0. The minimum Gasteiger partial charge on any atom is -0.0851 e. The largest absolute Gasteiger partial charge is 0.0851 e. The third-order valence-corrected chi connectivity index (χ3v) is 3.74. The molecule has 2 bridgehead atoms. The van der Waals surface area contributed by atoms with Gasteiger partial charge in [-0.25, -0.2) is 0 Å². The molecule has 0 aromatic heterocycles. The Hall–Kier alpha value is -0.260. The summed E-state index contributed by atoms with van der Waals surface area (Å²) in [5.74, 6) is 2.97. The first-order chi connectivity index (χ1) is 6.40. The molecule has 0 N–H and O–H groups in total. The molecule has 0 heterocycles. The molecule has 0 saturated heterocycles. The number of hydrogen-bond donors (Lipinski definition) is 0. The number of fused-ring (bicyclic) bond motifs is 2. The first-order valence-corrected chi connectivity index (χ1v) is 5.87. The van der Waals surface area contributed by atoms with E-state index in [2.05, 4.69) is 19.1 Å². The fourth-order valence-electron chi connectivity index (χ4n) is 2.99. The topological polar surface area (TPSA) is 0 Å². The first-order valence-electron chi connectivity index (χ1n) is 5.87. The molecule has 0 aromatic carbocycles. The lowest BCUT2D eigenvalue weighted by molar-refractivity contribution is 0.396. The van der Waals surface area contributed by atoms with Gasteiger partial charge >= 0.3 is 0 Å². The van der Waals surface area contributed by atoms with Gasteiger partial charge in [-0.05, 0) is 37.0 Å². The van der Waals surface area contributed by atoms with Crippen molar-refractivity contribution in [2.75, 3.05) is 0 Å². The maximum Gasteiger partial charge on any atom is -0.0199 e. The van der Waals surface area contributed by atoms with Crippen LogP contribution < -0.4 is 0 Å². The van der Waals surface area contributed by atoms with E-state index in [-0.39, 0.29) is 0 Å². The van der Waals surface area contributed by atoms with Crippen LogP contribution in [0.1, 0.15) is 44.9 Å². The molecule has 0 nitrogen and oxygen atoms in total. The minimum atomic E-state index is 0.961. The van der Waals surface area contributed by atoms with Crippen LogP contribution in [-0.4, -0.2) is 0 Å². The Morgan fingerprint density at radius 2 is 2.00 bits per heavy atom. The molecule has 13 heavy (non-hydrogen) atoms. The molecule has 0 spiro atoms.